The van der Waals surface area contributed by atoms with E-state index >= 15 is 0 Å². The highest BCUT2D eigenvalue weighted by Gasteiger charge is 2.27. The fourth-order valence-electron chi connectivity index (χ4n) is 4.31. The zero-order chi connectivity index (χ0) is 21.3. The quantitative estimate of drug-likeness (QED) is 0.655. The summed E-state index contributed by atoms with van der Waals surface area (Å²) in [7, 11) is 1.59. The van der Waals surface area contributed by atoms with Crippen molar-refractivity contribution in [2.45, 2.75) is 38.3 Å². The van der Waals surface area contributed by atoms with Gasteiger partial charge in [0.1, 0.15) is 18.1 Å². The highest BCUT2D eigenvalue weighted by molar-refractivity contribution is 5.87. The summed E-state index contributed by atoms with van der Waals surface area (Å²) in [4.78, 5) is 23.9. The highest BCUT2D eigenvalue weighted by Crippen LogP contribution is 2.33. The van der Waals surface area contributed by atoms with Crippen molar-refractivity contribution in [2.75, 3.05) is 7.11 Å². The summed E-state index contributed by atoms with van der Waals surface area (Å²) in [5.41, 5.74) is 3.41. The van der Waals surface area contributed by atoms with E-state index in [2.05, 4.69) is 5.32 Å². The third-order valence-electron chi connectivity index (χ3n) is 5.59. The summed E-state index contributed by atoms with van der Waals surface area (Å²) in [6.07, 6.45) is 2.13. The van der Waals surface area contributed by atoms with Gasteiger partial charge in [-0.25, -0.2) is 4.39 Å². The Labute approximate surface area is 173 Å². The van der Waals surface area contributed by atoms with E-state index in [-0.39, 0.29) is 30.7 Å². The molecule has 3 aromatic rings. The van der Waals surface area contributed by atoms with Crippen LogP contribution in [0.25, 0.3) is 10.9 Å². The Morgan fingerprint density at radius 1 is 1.27 bits per heavy atom. The summed E-state index contributed by atoms with van der Waals surface area (Å²) in [5.74, 6) is -0.678. The molecule has 6 nitrogen and oxygen atoms in total. The molecular formula is C23H23FN2O4. The molecule has 0 radical (unpaired) electrons. The number of hydrogen-bond acceptors (Lipinski definition) is 3. The molecule has 4 rings (SSSR count). The lowest BCUT2D eigenvalue weighted by Gasteiger charge is -2.25. The van der Waals surface area contributed by atoms with E-state index in [0.29, 0.717) is 30.5 Å². The molecule has 2 aromatic carbocycles. The Morgan fingerprint density at radius 3 is 2.87 bits per heavy atom. The van der Waals surface area contributed by atoms with Gasteiger partial charge in [-0.05, 0) is 60.7 Å². The van der Waals surface area contributed by atoms with Crippen LogP contribution in [0.2, 0.25) is 0 Å². The smallest absolute Gasteiger partial charge is 0.323 e. The molecule has 0 bridgehead atoms. The first-order valence-corrected chi connectivity index (χ1v) is 9.88. The zero-order valence-corrected chi connectivity index (χ0v) is 16.7. The number of carboxylic acids is 1. The molecule has 1 aromatic heterocycles. The number of aromatic nitrogens is 1. The number of nitrogens with one attached hydrogen (secondary N) is 1. The molecule has 2 N–H and O–H groups in total. The monoisotopic (exact) mass is 410 g/mol. The van der Waals surface area contributed by atoms with Gasteiger partial charge in [-0.15, -0.1) is 0 Å². The minimum atomic E-state index is -0.937. The van der Waals surface area contributed by atoms with E-state index < -0.39 is 5.97 Å². The Hall–Kier alpha value is -3.35. The van der Waals surface area contributed by atoms with E-state index in [9.17, 15) is 19.1 Å². The number of ether oxygens (including phenoxy) is 1. The molecule has 156 valence electrons. The standard InChI is InChI=1S/C23H23FN2O4/c1-30-17-4-2-3-14(9-17)10-22(27)25-16-6-8-21-19(12-16)18-11-15(24)5-7-20(18)26(21)13-23(28)29/h2-5,7,9,11,16H,6,8,10,12-13H2,1H3,(H,25,27)(H,28,29)/t16-/m0/s1. The fraction of sp³-hybridized carbons (Fsp3) is 0.304. The summed E-state index contributed by atoms with van der Waals surface area (Å²) in [5, 5.41) is 13.1. The van der Waals surface area contributed by atoms with Gasteiger partial charge in [0.15, 0.2) is 0 Å². The third kappa shape index (κ3) is 4.01. The van der Waals surface area contributed by atoms with Gasteiger partial charge >= 0.3 is 5.97 Å². The first-order chi connectivity index (χ1) is 14.4. The van der Waals surface area contributed by atoms with Crippen LogP contribution in [0, 0.1) is 5.82 Å². The van der Waals surface area contributed by atoms with Crippen LogP contribution in [0.4, 0.5) is 4.39 Å². The van der Waals surface area contributed by atoms with E-state index in [0.717, 1.165) is 22.2 Å². The maximum atomic E-state index is 13.9. The molecule has 7 heteroatoms. The van der Waals surface area contributed by atoms with Gasteiger partial charge in [-0.2, -0.15) is 0 Å². The lowest BCUT2D eigenvalue weighted by atomic mass is 9.91. The number of carbonyl (C=O) groups is 2. The number of halogens is 1. The van der Waals surface area contributed by atoms with Gasteiger partial charge in [-0.3, -0.25) is 9.59 Å². The molecule has 0 fully saturated rings. The maximum absolute atomic E-state index is 13.9. The Bertz CT molecular complexity index is 1120. The molecule has 0 spiro atoms. The molecule has 1 atom stereocenters. The summed E-state index contributed by atoms with van der Waals surface area (Å²) in [6, 6.07) is 11.7. The largest absolute Gasteiger partial charge is 0.497 e. The van der Waals surface area contributed by atoms with Crippen LogP contribution >= 0.6 is 0 Å². The predicted octanol–water partition coefficient (Wildman–Crippen LogP) is 3.09. The average molecular weight is 410 g/mol. The summed E-state index contributed by atoms with van der Waals surface area (Å²) < 4.78 is 20.8. The van der Waals surface area contributed by atoms with E-state index in [1.165, 1.54) is 12.1 Å². The molecule has 30 heavy (non-hydrogen) atoms. The van der Waals surface area contributed by atoms with Crippen LogP contribution in [0.15, 0.2) is 42.5 Å². The summed E-state index contributed by atoms with van der Waals surface area (Å²) in [6.45, 7) is -0.162. The maximum Gasteiger partial charge on any atom is 0.323 e. The van der Waals surface area contributed by atoms with Gasteiger partial charge in [0.25, 0.3) is 0 Å². The molecule has 0 saturated carbocycles. The van der Waals surface area contributed by atoms with Crippen LogP contribution < -0.4 is 10.1 Å². The number of fused-ring (bicyclic) bond motifs is 3. The number of carbonyl (C=O) groups excluding carboxylic acids is 1. The molecular weight excluding hydrogens is 387 g/mol. The van der Waals surface area contributed by atoms with Crippen molar-refractivity contribution < 1.29 is 23.8 Å². The first kappa shape index (κ1) is 19.9. The molecule has 1 aliphatic rings. The first-order valence-electron chi connectivity index (χ1n) is 9.88. The zero-order valence-electron chi connectivity index (χ0n) is 16.7. The van der Waals surface area contributed by atoms with Crippen LogP contribution in [-0.2, 0) is 35.4 Å². The number of methoxy groups -OCH3 is 1. The van der Waals surface area contributed by atoms with Crippen LogP contribution in [0.5, 0.6) is 5.75 Å². The van der Waals surface area contributed by atoms with Gasteiger partial charge in [0.2, 0.25) is 5.91 Å². The molecule has 1 amide bonds. The van der Waals surface area contributed by atoms with Crippen LogP contribution in [0.3, 0.4) is 0 Å². The van der Waals surface area contributed by atoms with Crippen molar-refractivity contribution in [3.05, 3.63) is 65.1 Å². The second kappa shape index (κ2) is 8.18. The Balaban J connectivity index is 1.54. The average Bonchev–Trinajstić information content (AvgIpc) is 3.00. The van der Waals surface area contributed by atoms with Crippen molar-refractivity contribution >= 4 is 22.8 Å². The number of carboxylic acid groups (broad SMARTS) is 1. The SMILES string of the molecule is COc1cccc(CC(=O)N[C@H]2CCc3c(c4cc(F)ccc4n3CC(=O)O)C2)c1. The minimum absolute atomic E-state index is 0.0808. The molecule has 0 aliphatic heterocycles. The number of hydrogen-bond donors (Lipinski definition) is 2. The number of amides is 1. The lowest BCUT2D eigenvalue weighted by molar-refractivity contribution is -0.137. The third-order valence-corrected chi connectivity index (χ3v) is 5.59. The van der Waals surface area contributed by atoms with Crippen molar-refractivity contribution in [3.63, 3.8) is 0 Å². The summed E-state index contributed by atoms with van der Waals surface area (Å²) >= 11 is 0. The van der Waals surface area contributed by atoms with Gasteiger partial charge in [0.05, 0.1) is 13.5 Å². The Morgan fingerprint density at radius 2 is 2.10 bits per heavy atom. The second-order valence-corrected chi connectivity index (χ2v) is 7.60. The van der Waals surface area contributed by atoms with E-state index in [1.54, 1.807) is 17.7 Å². The van der Waals surface area contributed by atoms with Crippen molar-refractivity contribution in [1.82, 2.24) is 9.88 Å². The van der Waals surface area contributed by atoms with Gasteiger partial charge in [-0.1, -0.05) is 12.1 Å². The number of rotatable bonds is 6. The van der Waals surface area contributed by atoms with Crippen molar-refractivity contribution in [3.8, 4) is 5.75 Å². The normalized spacial score (nSPS) is 15.6. The van der Waals surface area contributed by atoms with Crippen LogP contribution in [0.1, 0.15) is 23.2 Å². The number of nitrogens with zero attached hydrogens (tertiary/aromatic N) is 1. The highest BCUT2D eigenvalue weighted by atomic mass is 19.1. The molecule has 1 heterocycles. The van der Waals surface area contributed by atoms with Crippen molar-refractivity contribution in [2.24, 2.45) is 0 Å². The lowest BCUT2D eigenvalue weighted by Crippen LogP contribution is -2.39. The number of aliphatic carboxylic acids is 1. The topological polar surface area (TPSA) is 80.6 Å². The van der Waals surface area contributed by atoms with Crippen LogP contribution in [-0.4, -0.2) is 34.7 Å². The predicted molar refractivity (Wildman–Crippen MR) is 110 cm³/mol. The number of benzene rings is 2. The van der Waals surface area contributed by atoms with Gasteiger partial charge in [0, 0.05) is 22.6 Å². The molecule has 0 unspecified atom stereocenters. The molecule has 0 saturated heterocycles. The van der Waals surface area contributed by atoms with E-state index in [1.807, 2.05) is 24.3 Å². The fourth-order valence-corrected chi connectivity index (χ4v) is 4.31. The molecule has 1 aliphatic carbocycles. The van der Waals surface area contributed by atoms with Crippen molar-refractivity contribution in [1.29, 1.82) is 0 Å². The second-order valence-electron chi connectivity index (χ2n) is 7.60. The Kier molecular flexibility index (Phi) is 5.44. The minimum Gasteiger partial charge on any atom is -0.497 e. The van der Waals surface area contributed by atoms with Gasteiger partial charge < -0.3 is 19.7 Å². The van der Waals surface area contributed by atoms with E-state index in [4.69, 9.17) is 4.74 Å².